The summed E-state index contributed by atoms with van der Waals surface area (Å²) in [6.45, 7) is 4.29. The van der Waals surface area contributed by atoms with Crippen molar-refractivity contribution in [2.45, 2.75) is 51.6 Å². The van der Waals surface area contributed by atoms with Gasteiger partial charge < -0.3 is 5.11 Å². The van der Waals surface area contributed by atoms with Crippen LogP contribution in [-0.4, -0.2) is 10.7 Å². The summed E-state index contributed by atoms with van der Waals surface area (Å²) in [4.78, 5) is 0. The van der Waals surface area contributed by atoms with Crippen LogP contribution < -0.4 is 0 Å². The predicted molar refractivity (Wildman–Crippen MR) is 56.6 cm³/mol. The molecule has 74 valence electrons. The van der Waals surface area contributed by atoms with Gasteiger partial charge in [-0.15, -0.1) is 0 Å². The van der Waals surface area contributed by atoms with Crippen LogP contribution in [0.4, 0.5) is 0 Å². The van der Waals surface area contributed by atoms with Crippen molar-refractivity contribution in [2.24, 2.45) is 0 Å². The highest BCUT2D eigenvalue weighted by Crippen LogP contribution is 2.26. The first kappa shape index (κ1) is 10.5. The van der Waals surface area contributed by atoms with Crippen LogP contribution in [-0.2, 0) is 0 Å². The highest BCUT2D eigenvalue weighted by molar-refractivity contribution is 5.27. The molecule has 0 heterocycles. The molecule has 1 atom stereocenters. The lowest BCUT2D eigenvalue weighted by molar-refractivity contribution is 0.0822. The molecular formula is C12H20O. The number of hydrogen-bond donors (Lipinski definition) is 1. The number of aliphatic hydroxyl groups is 1. The van der Waals surface area contributed by atoms with Crippen molar-refractivity contribution in [1.29, 1.82) is 0 Å². The topological polar surface area (TPSA) is 20.2 Å². The first-order valence-corrected chi connectivity index (χ1v) is 5.31. The van der Waals surface area contributed by atoms with Crippen LogP contribution in [0.25, 0.3) is 0 Å². The van der Waals surface area contributed by atoms with Gasteiger partial charge in [-0.05, 0) is 19.3 Å². The average Bonchev–Trinajstić information content (AvgIpc) is 2.10. The van der Waals surface area contributed by atoms with E-state index in [1.54, 1.807) is 0 Å². The van der Waals surface area contributed by atoms with Crippen molar-refractivity contribution in [2.75, 3.05) is 0 Å². The van der Waals surface area contributed by atoms with Crippen LogP contribution in [0.2, 0.25) is 0 Å². The lowest BCUT2D eigenvalue weighted by Crippen LogP contribution is -2.26. The second-order valence-electron chi connectivity index (χ2n) is 3.92. The molecule has 0 aliphatic heterocycles. The molecule has 13 heavy (non-hydrogen) atoms. The Morgan fingerprint density at radius 1 is 1.38 bits per heavy atom. The van der Waals surface area contributed by atoms with E-state index in [0.717, 1.165) is 25.7 Å². The second kappa shape index (κ2) is 4.61. The molecule has 1 rings (SSSR count). The van der Waals surface area contributed by atoms with E-state index < -0.39 is 5.60 Å². The fourth-order valence-corrected chi connectivity index (χ4v) is 1.80. The van der Waals surface area contributed by atoms with E-state index in [0.29, 0.717) is 0 Å². The zero-order valence-corrected chi connectivity index (χ0v) is 8.71. The van der Waals surface area contributed by atoms with Gasteiger partial charge in [-0.2, -0.15) is 0 Å². The van der Waals surface area contributed by atoms with Crippen molar-refractivity contribution in [3.05, 3.63) is 23.8 Å². The Hall–Kier alpha value is -0.560. The van der Waals surface area contributed by atoms with Gasteiger partial charge in [0.15, 0.2) is 0 Å². The summed E-state index contributed by atoms with van der Waals surface area (Å²) in [7, 11) is 0. The SMILES string of the molecule is CCCC1=CCC(O)(CCC)C=C1. The van der Waals surface area contributed by atoms with Crippen LogP contribution in [0.5, 0.6) is 0 Å². The second-order valence-corrected chi connectivity index (χ2v) is 3.92. The molecule has 1 N–H and O–H groups in total. The molecule has 1 heteroatoms. The zero-order valence-electron chi connectivity index (χ0n) is 8.71. The molecule has 0 saturated carbocycles. The molecule has 1 aliphatic rings. The highest BCUT2D eigenvalue weighted by Gasteiger charge is 2.23. The van der Waals surface area contributed by atoms with Gasteiger partial charge in [0, 0.05) is 0 Å². The minimum Gasteiger partial charge on any atom is -0.385 e. The predicted octanol–water partition coefficient (Wildman–Crippen LogP) is 3.20. The van der Waals surface area contributed by atoms with Crippen molar-refractivity contribution in [1.82, 2.24) is 0 Å². The maximum absolute atomic E-state index is 10.0. The Bertz CT molecular complexity index is 215. The number of hydrogen-bond acceptors (Lipinski definition) is 1. The van der Waals surface area contributed by atoms with E-state index in [1.165, 1.54) is 12.0 Å². The molecule has 0 aromatic carbocycles. The summed E-state index contributed by atoms with van der Waals surface area (Å²) in [5, 5.41) is 10.0. The Kier molecular flexibility index (Phi) is 3.73. The van der Waals surface area contributed by atoms with E-state index in [9.17, 15) is 5.11 Å². The van der Waals surface area contributed by atoms with Crippen LogP contribution in [0.1, 0.15) is 46.0 Å². The first-order chi connectivity index (χ1) is 6.20. The maximum atomic E-state index is 10.0. The minimum absolute atomic E-state index is 0.550. The molecule has 0 aromatic heterocycles. The van der Waals surface area contributed by atoms with Gasteiger partial charge in [0.1, 0.15) is 0 Å². The summed E-state index contributed by atoms with van der Waals surface area (Å²) in [5.74, 6) is 0. The summed E-state index contributed by atoms with van der Waals surface area (Å²) in [5.41, 5.74) is 0.828. The van der Waals surface area contributed by atoms with E-state index in [2.05, 4.69) is 26.0 Å². The molecule has 0 aromatic rings. The van der Waals surface area contributed by atoms with Gasteiger partial charge in [-0.25, -0.2) is 0 Å². The molecule has 0 spiro atoms. The molecule has 0 amide bonds. The van der Waals surface area contributed by atoms with Gasteiger partial charge in [-0.1, -0.05) is 50.5 Å². The van der Waals surface area contributed by atoms with Gasteiger partial charge in [0.05, 0.1) is 5.60 Å². The Labute approximate surface area is 81.2 Å². The molecule has 0 saturated heterocycles. The van der Waals surface area contributed by atoms with Crippen LogP contribution in [0.3, 0.4) is 0 Å². The summed E-state index contributed by atoms with van der Waals surface area (Å²) < 4.78 is 0. The van der Waals surface area contributed by atoms with Crippen molar-refractivity contribution in [3.63, 3.8) is 0 Å². The van der Waals surface area contributed by atoms with Gasteiger partial charge in [-0.3, -0.25) is 0 Å². The molecule has 1 unspecified atom stereocenters. The van der Waals surface area contributed by atoms with E-state index in [1.807, 2.05) is 6.08 Å². The summed E-state index contributed by atoms with van der Waals surface area (Å²) >= 11 is 0. The lowest BCUT2D eigenvalue weighted by Gasteiger charge is -2.26. The number of allylic oxidation sites excluding steroid dienone is 2. The third-order valence-corrected chi connectivity index (χ3v) is 2.55. The largest absolute Gasteiger partial charge is 0.385 e. The Morgan fingerprint density at radius 3 is 2.62 bits per heavy atom. The molecule has 0 fully saturated rings. The zero-order chi connectivity index (χ0) is 9.73. The minimum atomic E-state index is -0.550. The van der Waals surface area contributed by atoms with Crippen molar-refractivity contribution < 1.29 is 5.11 Å². The maximum Gasteiger partial charge on any atom is 0.0865 e. The standard InChI is InChI=1S/C12H20O/c1-3-5-11-6-9-12(13,8-4-2)10-7-11/h6-7,9,13H,3-5,8,10H2,1-2H3. The molecule has 1 aliphatic carbocycles. The van der Waals surface area contributed by atoms with Gasteiger partial charge in [0.2, 0.25) is 0 Å². The normalized spacial score (nSPS) is 27.5. The first-order valence-electron chi connectivity index (χ1n) is 5.31. The highest BCUT2D eigenvalue weighted by atomic mass is 16.3. The van der Waals surface area contributed by atoms with E-state index in [4.69, 9.17) is 0 Å². The molecule has 0 bridgehead atoms. The van der Waals surface area contributed by atoms with E-state index >= 15 is 0 Å². The third kappa shape index (κ3) is 3.00. The smallest absolute Gasteiger partial charge is 0.0865 e. The average molecular weight is 180 g/mol. The molecular weight excluding hydrogens is 160 g/mol. The monoisotopic (exact) mass is 180 g/mol. The third-order valence-electron chi connectivity index (χ3n) is 2.55. The summed E-state index contributed by atoms with van der Waals surface area (Å²) in [6, 6.07) is 0. The van der Waals surface area contributed by atoms with Gasteiger partial charge >= 0.3 is 0 Å². The lowest BCUT2D eigenvalue weighted by atomic mass is 9.87. The fraction of sp³-hybridized carbons (Fsp3) is 0.667. The Balaban J connectivity index is 2.51. The van der Waals surface area contributed by atoms with Crippen molar-refractivity contribution in [3.8, 4) is 0 Å². The van der Waals surface area contributed by atoms with Crippen LogP contribution in [0, 0.1) is 0 Å². The molecule has 0 radical (unpaired) electrons. The number of rotatable bonds is 4. The fourth-order valence-electron chi connectivity index (χ4n) is 1.80. The van der Waals surface area contributed by atoms with Crippen LogP contribution >= 0.6 is 0 Å². The van der Waals surface area contributed by atoms with Gasteiger partial charge in [0.25, 0.3) is 0 Å². The van der Waals surface area contributed by atoms with Crippen molar-refractivity contribution >= 4 is 0 Å². The van der Waals surface area contributed by atoms with E-state index in [-0.39, 0.29) is 0 Å². The van der Waals surface area contributed by atoms with Crippen LogP contribution in [0.15, 0.2) is 23.8 Å². The summed E-state index contributed by atoms with van der Waals surface area (Å²) in [6.07, 6.45) is 11.3. The Morgan fingerprint density at radius 2 is 2.15 bits per heavy atom. The quantitative estimate of drug-likeness (QED) is 0.704. The molecule has 1 nitrogen and oxygen atoms in total.